The van der Waals surface area contributed by atoms with Crippen LogP contribution in [0.4, 0.5) is 0 Å². The molecule has 1 aromatic rings. The van der Waals surface area contributed by atoms with E-state index in [2.05, 4.69) is 4.40 Å². The summed E-state index contributed by atoms with van der Waals surface area (Å²) in [6.07, 6.45) is 0.967. The molecule has 96 valence electrons. The van der Waals surface area contributed by atoms with E-state index >= 15 is 0 Å². The molecule has 0 bridgehead atoms. The van der Waals surface area contributed by atoms with E-state index in [9.17, 15) is 18.0 Å². The number of isocyanates is 1. The van der Waals surface area contributed by atoms with Gasteiger partial charge in [-0.25, -0.2) is 9.59 Å². The second kappa shape index (κ2) is 5.57. The summed E-state index contributed by atoms with van der Waals surface area (Å²) < 4.78 is 31.0. The fraction of sp³-hybridized carbons (Fsp3) is 0.273. The number of nitrogens with zero attached hydrogens (tertiary/aromatic N) is 1. The zero-order chi connectivity index (χ0) is 13.8. The predicted octanol–water partition coefficient (Wildman–Crippen LogP) is 1.20. The molecule has 0 radical (unpaired) electrons. The SMILES string of the molecule is CCOC(=O)c1cccc(C)c1S(=O)(=O)N=C=O. The normalized spacial score (nSPS) is 10.6. The minimum absolute atomic E-state index is 0.114. The van der Waals surface area contributed by atoms with Crippen LogP contribution in [0.25, 0.3) is 0 Å². The number of esters is 1. The van der Waals surface area contributed by atoms with Crippen LogP contribution in [0.1, 0.15) is 22.8 Å². The number of sulfonamides is 1. The molecule has 0 unspecified atom stereocenters. The Morgan fingerprint density at radius 1 is 1.44 bits per heavy atom. The average molecular weight is 269 g/mol. The number of hydrogen-bond donors (Lipinski definition) is 0. The number of carbonyl (C=O) groups is 1. The van der Waals surface area contributed by atoms with Crippen molar-refractivity contribution < 1.29 is 22.7 Å². The van der Waals surface area contributed by atoms with Crippen LogP contribution in [-0.2, 0) is 19.6 Å². The summed E-state index contributed by atoms with van der Waals surface area (Å²) in [6, 6.07) is 4.32. The fourth-order valence-corrected chi connectivity index (χ4v) is 2.55. The van der Waals surface area contributed by atoms with Gasteiger partial charge in [0, 0.05) is 0 Å². The maximum atomic E-state index is 11.7. The second-order valence-electron chi connectivity index (χ2n) is 3.33. The van der Waals surface area contributed by atoms with Gasteiger partial charge in [-0.05, 0) is 25.5 Å². The van der Waals surface area contributed by atoms with Gasteiger partial charge in [-0.15, -0.1) is 0 Å². The van der Waals surface area contributed by atoms with Crippen LogP contribution in [0.5, 0.6) is 0 Å². The molecule has 1 aromatic carbocycles. The van der Waals surface area contributed by atoms with Crippen molar-refractivity contribution >= 4 is 22.1 Å². The fourth-order valence-electron chi connectivity index (χ4n) is 1.46. The van der Waals surface area contributed by atoms with E-state index < -0.39 is 16.0 Å². The molecule has 1 rings (SSSR count). The molecular formula is C11H11NO5S. The van der Waals surface area contributed by atoms with Gasteiger partial charge in [-0.3, -0.25) is 0 Å². The molecule has 0 N–H and O–H groups in total. The average Bonchev–Trinajstić information content (AvgIpc) is 2.28. The Balaban J connectivity index is 3.52. The molecule has 0 amide bonds. The summed E-state index contributed by atoms with van der Waals surface area (Å²) in [5.74, 6) is -0.777. The molecule has 18 heavy (non-hydrogen) atoms. The van der Waals surface area contributed by atoms with Gasteiger partial charge < -0.3 is 4.74 Å². The first-order chi connectivity index (χ1) is 8.44. The van der Waals surface area contributed by atoms with Gasteiger partial charge in [-0.1, -0.05) is 16.5 Å². The molecule has 6 nitrogen and oxygen atoms in total. The highest BCUT2D eigenvalue weighted by molar-refractivity contribution is 7.90. The number of hydrogen-bond acceptors (Lipinski definition) is 5. The van der Waals surface area contributed by atoms with Crippen molar-refractivity contribution in [2.45, 2.75) is 18.7 Å². The number of carbonyl (C=O) groups excluding carboxylic acids is 2. The molecule has 0 aliphatic rings. The van der Waals surface area contributed by atoms with Crippen molar-refractivity contribution in [3.63, 3.8) is 0 Å². The molecule has 0 heterocycles. The summed E-state index contributed by atoms with van der Waals surface area (Å²) >= 11 is 0. The van der Waals surface area contributed by atoms with Crippen molar-refractivity contribution in [3.8, 4) is 0 Å². The van der Waals surface area contributed by atoms with Crippen LogP contribution in [0, 0.1) is 6.92 Å². The van der Waals surface area contributed by atoms with Crippen LogP contribution in [0.2, 0.25) is 0 Å². The highest BCUT2D eigenvalue weighted by Gasteiger charge is 2.24. The Labute approximate surface area is 104 Å². The first-order valence-corrected chi connectivity index (χ1v) is 6.49. The van der Waals surface area contributed by atoms with Crippen LogP contribution in [-0.4, -0.2) is 27.1 Å². The van der Waals surface area contributed by atoms with Crippen LogP contribution in [0.3, 0.4) is 0 Å². The highest BCUT2D eigenvalue weighted by atomic mass is 32.2. The minimum atomic E-state index is -4.23. The van der Waals surface area contributed by atoms with Crippen LogP contribution >= 0.6 is 0 Å². The molecular weight excluding hydrogens is 258 g/mol. The molecule has 0 aromatic heterocycles. The summed E-state index contributed by atoms with van der Waals surface area (Å²) in [5, 5.41) is 0. The molecule has 0 saturated carbocycles. The molecule has 0 saturated heterocycles. The zero-order valence-electron chi connectivity index (χ0n) is 9.84. The third kappa shape index (κ3) is 2.82. The van der Waals surface area contributed by atoms with Crippen molar-refractivity contribution in [1.82, 2.24) is 0 Å². The van der Waals surface area contributed by atoms with Gasteiger partial charge in [0.25, 0.3) is 16.1 Å². The molecule has 0 fully saturated rings. The summed E-state index contributed by atoms with van der Waals surface area (Å²) in [5.41, 5.74) is 0.162. The van der Waals surface area contributed by atoms with E-state index in [0.29, 0.717) is 5.56 Å². The lowest BCUT2D eigenvalue weighted by Crippen LogP contribution is -2.12. The molecule has 0 aliphatic carbocycles. The van der Waals surface area contributed by atoms with E-state index in [1.807, 2.05) is 0 Å². The topological polar surface area (TPSA) is 89.9 Å². The first-order valence-electron chi connectivity index (χ1n) is 5.05. The van der Waals surface area contributed by atoms with E-state index in [-0.39, 0.29) is 17.1 Å². The number of ether oxygens (including phenoxy) is 1. The first kappa shape index (κ1) is 14.1. The number of aryl methyl sites for hydroxylation is 1. The molecule has 0 atom stereocenters. The lowest BCUT2D eigenvalue weighted by atomic mass is 10.1. The van der Waals surface area contributed by atoms with Crippen molar-refractivity contribution in [3.05, 3.63) is 29.3 Å². The Morgan fingerprint density at radius 3 is 2.67 bits per heavy atom. The van der Waals surface area contributed by atoms with Crippen LogP contribution < -0.4 is 0 Å². The van der Waals surface area contributed by atoms with Crippen LogP contribution in [0.15, 0.2) is 27.5 Å². The third-order valence-corrected chi connectivity index (χ3v) is 3.50. The smallest absolute Gasteiger partial charge is 0.339 e. The quantitative estimate of drug-likeness (QED) is 0.465. The third-order valence-electron chi connectivity index (χ3n) is 2.12. The maximum absolute atomic E-state index is 11.7. The van der Waals surface area contributed by atoms with Gasteiger partial charge in [-0.2, -0.15) is 8.42 Å². The number of benzene rings is 1. The van der Waals surface area contributed by atoms with Crippen molar-refractivity contribution in [1.29, 1.82) is 0 Å². The highest BCUT2D eigenvalue weighted by Crippen LogP contribution is 2.22. The Hall–Kier alpha value is -1.98. The van der Waals surface area contributed by atoms with Gasteiger partial charge in [0.15, 0.2) is 0 Å². The van der Waals surface area contributed by atoms with Gasteiger partial charge in [0.1, 0.15) is 4.90 Å². The monoisotopic (exact) mass is 269 g/mol. The molecule has 0 spiro atoms. The number of rotatable bonds is 4. The summed E-state index contributed by atoms with van der Waals surface area (Å²) in [7, 11) is -4.23. The minimum Gasteiger partial charge on any atom is -0.462 e. The van der Waals surface area contributed by atoms with Gasteiger partial charge in [0.2, 0.25) is 0 Å². The van der Waals surface area contributed by atoms with Crippen molar-refractivity contribution in [2.24, 2.45) is 4.40 Å². The largest absolute Gasteiger partial charge is 0.462 e. The summed E-state index contributed by atoms with van der Waals surface area (Å²) in [4.78, 5) is 21.4. The second-order valence-corrected chi connectivity index (χ2v) is 4.87. The van der Waals surface area contributed by atoms with E-state index in [0.717, 1.165) is 6.08 Å². The zero-order valence-corrected chi connectivity index (χ0v) is 10.7. The van der Waals surface area contributed by atoms with E-state index in [1.165, 1.54) is 25.1 Å². The maximum Gasteiger partial charge on any atom is 0.339 e. The van der Waals surface area contributed by atoms with Gasteiger partial charge >= 0.3 is 5.97 Å². The lowest BCUT2D eigenvalue weighted by Gasteiger charge is -2.08. The van der Waals surface area contributed by atoms with Crippen molar-refractivity contribution in [2.75, 3.05) is 6.61 Å². The Morgan fingerprint density at radius 2 is 2.11 bits per heavy atom. The van der Waals surface area contributed by atoms with E-state index in [4.69, 9.17) is 4.74 Å². The predicted molar refractivity (Wildman–Crippen MR) is 62.4 cm³/mol. The Kier molecular flexibility index (Phi) is 4.36. The lowest BCUT2D eigenvalue weighted by molar-refractivity contribution is 0.0521. The summed E-state index contributed by atoms with van der Waals surface area (Å²) in [6.45, 7) is 3.21. The van der Waals surface area contributed by atoms with E-state index in [1.54, 1.807) is 6.92 Å². The standard InChI is InChI=1S/C11H11NO5S/c1-3-17-11(14)9-6-4-5-8(2)10(9)18(15,16)12-7-13/h4-6H,3H2,1-2H3. The molecule has 7 heteroatoms. The van der Waals surface area contributed by atoms with Gasteiger partial charge in [0.05, 0.1) is 12.2 Å². The molecule has 0 aliphatic heterocycles. The Bertz CT molecular complexity index is 614.